The Morgan fingerprint density at radius 3 is 2.48 bits per heavy atom. The predicted molar refractivity (Wildman–Crippen MR) is 125 cm³/mol. The number of halogens is 1. The Morgan fingerprint density at radius 1 is 1.00 bits per heavy atom. The Kier molecular flexibility index (Phi) is 6.78. The summed E-state index contributed by atoms with van der Waals surface area (Å²) in [6.45, 7) is 3.51. The maximum Gasteiger partial charge on any atom is 0.313 e. The van der Waals surface area contributed by atoms with Crippen molar-refractivity contribution in [1.82, 2.24) is 10.2 Å². The van der Waals surface area contributed by atoms with E-state index in [1.807, 2.05) is 0 Å². The molecule has 7 heteroatoms. The number of rotatable bonds is 5. The molecule has 2 amide bonds. The molecule has 0 bridgehead atoms. The molecule has 2 aliphatic rings. The summed E-state index contributed by atoms with van der Waals surface area (Å²) in [5.41, 5.74) is 4.40. The van der Waals surface area contributed by atoms with Gasteiger partial charge in [0.25, 0.3) is 0 Å². The first-order chi connectivity index (χ1) is 15.0. The van der Waals surface area contributed by atoms with Crippen LogP contribution in [-0.2, 0) is 16.0 Å². The van der Waals surface area contributed by atoms with E-state index in [2.05, 4.69) is 45.7 Å². The van der Waals surface area contributed by atoms with E-state index >= 15 is 0 Å². The lowest BCUT2D eigenvalue weighted by molar-refractivity contribution is -0.136. The maximum absolute atomic E-state index is 12.5. The quantitative estimate of drug-likeness (QED) is 0.697. The largest absolute Gasteiger partial charge is 0.374 e. The van der Waals surface area contributed by atoms with Crippen LogP contribution >= 0.6 is 11.6 Å². The number of nitrogens with zero attached hydrogens (tertiary/aromatic N) is 2. The van der Waals surface area contributed by atoms with Gasteiger partial charge in [0, 0.05) is 36.5 Å². The second kappa shape index (κ2) is 9.71. The van der Waals surface area contributed by atoms with Crippen LogP contribution in [0.4, 0.5) is 11.4 Å². The van der Waals surface area contributed by atoms with Gasteiger partial charge in [0.15, 0.2) is 0 Å². The maximum atomic E-state index is 12.5. The second-order valence-electron chi connectivity index (χ2n) is 8.34. The molecular formula is C24H29ClN4O2. The summed E-state index contributed by atoms with van der Waals surface area (Å²) in [4.78, 5) is 29.5. The lowest BCUT2D eigenvalue weighted by Gasteiger charge is -2.31. The first-order valence-electron chi connectivity index (χ1n) is 10.9. The van der Waals surface area contributed by atoms with Crippen LogP contribution in [0.3, 0.4) is 0 Å². The molecule has 164 valence electrons. The third-order valence-electron chi connectivity index (χ3n) is 6.18. The highest BCUT2D eigenvalue weighted by atomic mass is 35.5. The van der Waals surface area contributed by atoms with Gasteiger partial charge in [-0.2, -0.15) is 0 Å². The van der Waals surface area contributed by atoms with Crippen LogP contribution in [0, 0.1) is 0 Å². The number of aryl methyl sites for hydroxylation is 1. The fraction of sp³-hybridized carbons (Fsp3) is 0.417. The zero-order valence-corrected chi connectivity index (χ0v) is 18.6. The Hall–Kier alpha value is -2.57. The molecule has 4 rings (SSSR count). The van der Waals surface area contributed by atoms with Gasteiger partial charge in [0.1, 0.15) is 0 Å². The molecule has 1 fully saturated rings. The smallest absolute Gasteiger partial charge is 0.313 e. The van der Waals surface area contributed by atoms with Gasteiger partial charge >= 0.3 is 11.8 Å². The number of anilines is 2. The summed E-state index contributed by atoms with van der Waals surface area (Å²) in [7, 11) is 2.13. The molecular weight excluding hydrogens is 412 g/mol. The van der Waals surface area contributed by atoms with E-state index in [9.17, 15) is 9.59 Å². The van der Waals surface area contributed by atoms with Crippen LogP contribution in [-0.4, -0.2) is 49.9 Å². The van der Waals surface area contributed by atoms with Crippen molar-refractivity contribution in [1.29, 1.82) is 0 Å². The Bertz CT molecular complexity index is 941. The number of nitrogens with one attached hydrogen (secondary N) is 2. The highest BCUT2D eigenvalue weighted by Crippen LogP contribution is 2.31. The monoisotopic (exact) mass is 440 g/mol. The highest BCUT2D eigenvalue weighted by Gasteiger charge is 2.26. The zero-order valence-electron chi connectivity index (χ0n) is 17.9. The van der Waals surface area contributed by atoms with Crippen LogP contribution in [0.2, 0.25) is 5.02 Å². The Morgan fingerprint density at radius 2 is 1.74 bits per heavy atom. The van der Waals surface area contributed by atoms with Gasteiger partial charge in [0.05, 0.1) is 6.04 Å². The van der Waals surface area contributed by atoms with Crippen molar-refractivity contribution in [2.24, 2.45) is 0 Å². The van der Waals surface area contributed by atoms with Crippen LogP contribution in [0.25, 0.3) is 0 Å². The number of benzene rings is 2. The molecule has 6 nitrogen and oxygen atoms in total. The number of amides is 2. The molecule has 2 aromatic rings. The third-order valence-corrected chi connectivity index (χ3v) is 6.44. The van der Waals surface area contributed by atoms with E-state index in [0.717, 1.165) is 45.3 Å². The summed E-state index contributed by atoms with van der Waals surface area (Å²) in [6, 6.07) is 13.4. The standard InChI is InChI=1S/C24H29ClN4O2/c1-28-12-4-5-17-15-18(6-11-21(17)28)22(29-13-2-3-14-29)16-26-23(30)24(31)27-20-9-7-19(25)8-10-20/h6-11,15,22H,2-5,12-14,16H2,1H3,(H,26,30)(H,27,31)/t22-/m0/s1. The topological polar surface area (TPSA) is 64.7 Å². The molecule has 2 N–H and O–H groups in total. The molecule has 0 aromatic heterocycles. The molecule has 1 saturated heterocycles. The van der Waals surface area contributed by atoms with Crippen molar-refractivity contribution in [2.75, 3.05) is 43.4 Å². The zero-order chi connectivity index (χ0) is 21.8. The molecule has 0 unspecified atom stereocenters. The van der Waals surface area contributed by atoms with Crippen molar-refractivity contribution in [2.45, 2.75) is 31.7 Å². The fourth-order valence-electron chi connectivity index (χ4n) is 4.51. The summed E-state index contributed by atoms with van der Waals surface area (Å²) in [6.07, 6.45) is 4.56. The normalized spacial score (nSPS) is 17.2. The highest BCUT2D eigenvalue weighted by molar-refractivity contribution is 6.39. The van der Waals surface area contributed by atoms with Crippen LogP contribution in [0.1, 0.15) is 36.4 Å². The number of likely N-dealkylation sites (tertiary alicyclic amines) is 1. The molecule has 1 atom stereocenters. The van der Waals surface area contributed by atoms with Crippen molar-refractivity contribution in [3.63, 3.8) is 0 Å². The molecule has 0 radical (unpaired) electrons. The van der Waals surface area contributed by atoms with Gasteiger partial charge in [-0.15, -0.1) is 0 Å². The lowest BCUT2D eigenvalue weighted by atomic mass is 9.96. The fourth-order valence-corrected chi connectivity index (χ4v) is 4.64. The molecule has 2 heterocycles. The average Bonchev–Trinajstić information content (AvgIpc) is 3.30. The molecule has 31 heavy (non-hydrogen) atoms. The van der Waals surface area contributed by atoms with Gasteiger partial charge in [-0.3, -0.25) is 14.5 Å². The van der Waals surface area contributed by atoms with Crippen molar-refractivity contribution in [3.8, 4) is 0 Å². The van der Waals surface area contributed by atoms with Gasteiger partial charge in [-0.1, -0.05) is 23.7 Å². The number of carbonyl (C=O) groups is 2. The molecule has 0 aliphatic carbocycles. The summed E-state index contributed by atoms with van der Waals surface area (Å²) in [5.74, 6) is -1.30. The minimum atomic E-state index is -0.672. The van der Waals surface area contributed by atoms with Crippen molar-refractivity contribution in [3.05, 3.63) is 58.6 Å². The SMILES string of the molecule is CN1CCCc2cc([C@H](CNC(=O)C(=O)Nc3ccc(Cl)cc3)N3CCCC3)ccc21. The van der Waals surface area contributed by atoms with Gasteiger partial charge < -0.3 is 15.5 Å². The minimum Gasteiger partial charge on any atom is -0.374 e. The lowest BCUT2D eigenvalue weighted by Crippen LogP contribution is -2.41. The number of carbonyl (C=O) groups excluding carboxylic acids is 2. The molecule has 0 saturated carbocycles. The summed E-state index contributed by atoms with van der Waals surface area (Å²) < 4.78 is 0. The molecule has 2 aromatic carbocycles. The van der Waals surface area contributed by atoms with Crippen LogP contribution < -0.4 is 15.5 Å². The van der Waals surface area contributed by atoms with Crippen molar-refractivity contribution >= 4 is 34.8 Å². The number of hydrogen-bond donors (Lipinski definition) is 2. The number of fused-ring (bicyclic) bond motifs is 1. The van der Waals surface area contributed by atoms with E-state index in [1.54, 1.807) is 24.3 Å². The molecule has 0 spiro atoms. The average molecular weight is 441 g/mol. The van der Waals surface area contributed by atoms with Crippen LogP contribution in [0.15, 0.2) is 42.5 Å². The van der Waals surface area contributed by atoms with Crippen molar-refractivity contribution < 1.29 is 9.59 Å². The van der Waals surface area contributed by atoms with Crippen LogP contribution in [0.5, 0.6) is 0 Å². The molecule has 2 aliphatic heterocycles. The Labute approximate surface area is 188 Å². The van der Waals surface area contributed by atoms with E-state index in [0.29, 0.717) is 17.3 Å². The minimum absolute atomic E-state index is 0.0623. The second-order valence-corrected chi connectivity index (χ2v) is 8.78. The van der Waals surface area contributed by atoms with Gasteiger partial charge in [-0.25, -0.2) is 0 Å². The van der Waals surface area contributed by atoms with E-state index < -0.39 is 11.8 Å². The predicted octanol–water partition coefficient (Wildman–Crippen LogP) is 3.61. The van der Waals surface area contributed by atoms with E-state index in [1.165, 1.54) is 16.8 Å². The summed E-state index contributed by atoms with van der Waals surface area (Å²) in [5, 5.41) is 6.04. The van der Waals surface area contributed by atoms with Gasteiger partial charge in [-0.05, 0) is 80.2 Å². The summed E-state index contributed by atoms with van der Waals surface area (Å²) >= 11 is 5.87. The van der Waals surface area contributed by atoms with E-state index in [4.69, 9.17) is 11.6 Å². The first-order valence-corrected chi connectivity index (χ1v) is 11.3. The number of hydrogen-bond acceptors (Lipinski definition) is 4. The Balaban J connectivity index is 1.44. The first kappa shape index (κ1) is 21.7. The van der Waals surface area contributed by atoms with E-state index in [-0.39, 0.29) is 6.04 Å². The third kappa shape index (κ3) is 5.20. The van der Waals surface area contributed by atoms with Gasteiger partial charge in [0.2, 0.25) is 0 Å².